The summed E-state index contributed by atoms with van der Waals surface area (Å²) in [6, 6.07) is 7.80. The molecule has 0 amide bonds. The van der Waals surface area contributed by atoms with E-state index in [9.17, 15) is 5.11 Å². The maximum Gasteiger partial charge on any atom is 0.179 e. The van der Waals surface area contributed by atoms with E-state index >= 15 is 0 Å². The number of aryl methyl sites for hydroxylation is 1. The van der Waals surface area contributed by atoms with Gasteiger partial charge in [0.2, 0.25) is 0 Å². The highest BCUT2D eigenvalue weighted by molar-refractivity contribution is 5.27. The van der Waals surface area contributed by atoms with Gasteiger partial charge in [0.1, 0.15) is 17.7 Å². The van der Waals surface area contributed by atoms with Crippen LogP contribution in [-0.2, 0) is 6.54 Å². The molecule has 5 nitrogen and oxygen atoms in total. The predicted octanol–water partition coefficient (Wildman–Crippen LogP) is 1.70. The van der Waals surface area contributed by atoms with Crippen molar-refractivity contribution in [3.05, 3.63) is 41.5 Å². The van der Waals surface area contributed by atoms with Crippen LogP contribution in [0, 0.1) is 6.92 Å². The van der Waals surface area contributed by atoms with E-state index in [1.54, 1.807) is 18.7 Å². The maximum absolute atomic E-state index is 9.44. The van der Waals surface area contributed by atoms with Crippen LogP contribution >= 0.6 is 0 Å². The highest BCUT2D eigenvalue weighted by atomic mass is 16.5. The minimum atomic E-state index is -0.638. The summed E-state index contributed by atoms with van der Waals surface area (Å²) >= 11 is 0. The van der Waals surface area contributed by atoms with Crippen molar-refractivity contribution in [2.24, 2.45) is 0 Å². The van der Waals surface area contributed by atoms with Gasteiger partial charge in [0.25, 0.3) is 0 Å². The molecule has 0 saturated carbocycles. The van der Waals surface area contributed by atoms with Gasteiger partial charge in [-0.2, -0.15) is 5.10 Å². The van der Waals surface area contributed by atoms with Crippen molar-refractivity contribution in [1.29, 1.82) is 0 Å². The zero-order valence-electron chi connectivity index (χ0n) is 10.8. The fraction of sp³-hybridized carbons (Fsp3) is 0.385. The summed E-state index contributed by atoms with van der Waals surface area (Å²) in [5.74, 6) is 2.08. The van der Waals surface area contributed by atoms with Crippen LogP contribution in [0.5, 0.6) is 5.75 Å². The molecule has 2 aromatic rings. The number of ether oxygens (including phenoxy) is 1. The van der Waals surface area contributed by atoms with Gasteiger partial charge in [0.15, 0.2) is 5.82 Å². The second-order valence-corrected chi connectivity index (χ2v) is 4.20. The predicted molar refractivity (Wildman–Crippen MR) is 67.5 cm³/mol. The summed E-state index contributed by atoms with van der Waals surface area (Å²) in [5, 5.41) is 13.7. The van der Waals surface area contributed by atoms with Gasteiger partial charge in [-0.25, -0.2) is 9.67 Å². The van der Waals surface area contributed by atoms with Gasteiger partial charge in [0, 0.05) is 0 Å². The average molecular weight is 247 g/mol. The molecular weight excluding hydrogens is 230 g/mol. The largest absolute Gasteiger partial charge is 0.497 e. The first-order valence-electron chi connectivity index (χ1n) is 5.82. The number of hydrogen-bond donors (Lipinski definition) is 1. The van der Waals surface area contributed by atoms with E-state index in [1.807, 2.05) is 31.2 Å². The molecular formula is C13H17N3O2. The van der Waals surface area contributed by atoms with E-state index in [1.165, 1.54) is 0 Å². The Morgan fingerprint density at radius 1 is 1.33 bits per heavy atom. The Labute approximate surface area is 106 Å². The number of aromatic nitrogens is 3. The Kier molecular flexibility index (Phi) is 3.62. The molecule has 0 aliphatic heterocycles. The summed E-state index contributed by atoms with van der Waals surface area (Å²) < 4.78 is 6.89. The first-order valence-corrected chi connectivity index (χ1v) is 5.82. The number of nitrogens with zero attached hydrogens (tertiary/aromatic N) is 3. The van der Waals surface area contributed by atoms with E-state index in [4.69, 9.17) is 4.74 Å². The molecule has 0 bridgehead atoms. The lowest BCUT2D eigenvalue weighted by atomic mass is 10.2. The SMILES string of the molecule is COc1ccc(Cn2nc([C@@H](C)O)nc2C)cc1. The maximum atomic E-state index is 9.44. The monoisotopic (exact) mass is 247 g/mol. The van der Waals surface area contributed by atoms with Gasteiger partial charge in [-0.15, -0.1) is 0 Å². The summed E-state index contributed by atoms with van der Waals surface area (Å²) in [7, 11) is 1.64. The van der Waals surface area contributed by atoms with Crippen molar-refractivity contribution >= 4 is 0 Å². The topological polar surface area (TPSA) is 60.2 Å². The molecule has 0 aliphatic rings. The second-order valence-electron chi connectivity index (χ2n) is 4.20. The molecule has 0 spiro atoms. The zero-order chi connectivity index (χ0) is 13.1. The fourth-order valence-electron chi connectivity index (χ4n) is 1.67. The first-order chi connectivity index (χ1) is 8.60. The number of rotatable bonds is 4. The molecule has 1 atom stereocenters. The molecule has 1 heterocycles. The van der Waals surface area contributed by atoms with Crippen molar-refractivity contribution in [3.63, 3.8) is 0 Å². The normalized spacial score (nSPS) is 12.4. The van der Waals surface area contributed by atoms with Crippen LogP contribution in [0.3, 0.4) is 0 Å². The molecule has 1 aromatic carbocycles. The molecule has 1 N–H and O–H groups in total. The van der Waals surface area contributed by atoms with Crippen LogP contribution in [0.2, 0.25) is 0 Å². The molecule has 18 heavy (non-hydrogen) atoms. The molecule has 0 aliphatic carbocycles. The van der Waals surface area contributed by atoms with Crippen molar-refractivity contribution in [2.45, 2.75) is 26.5 Å². The summed E-state index contributed by atoms with van der Waals surface area (Å²) in [5.41, 5.74) is 1.11. The average Bonchev–Trinajstić information content (AvgIpc) is 2.72. The highest BCUT2D eigenvalue weighted by Crippen LogP contribution is 2.13. The number of methoxy groups -OCH3 is 1. The molecule has 0 radical (unpaired) electrons. The third kappa shape index (κ3) is 2.68. The second kappa shape index (κ2) is 5.18. The lowest BCUT2D eigenvalue weighted by Crippen LogP contribution is -2.04. The quantitative estimate of drug-likeness (QED) is 0.893. The molecule has 0 unspecified atom stereocenters. The molecule has 5 heteroatoms. The van der Waals surface area contributed by atoms with E-state index < -0.39 is 6.10 Å². The Morgan fingerprint density at radius 3 is 2.50 bits per heavy atom. The standard InChI is InChI=1S/C13H17N3O2/c1-9(17)13-14-10(2)16(15-13)8-11-4-6-12(18-3)7-5-11/h4-7,9,17H,8H2,1-3H3/t9-/m1/s1. The van der Waals surface area contributed by atoms with Crippen LogP contribution in [-0.4, -0.2) is 27.0 Å². The highest BCUT2D eigenvalue weighted by Gasteiger charge is 2.10. The van der Waals surface area contributed by atoms with Crippen molar-refractivity contribution in [2.75, 3.05) is 7.11 Å². The molecule has 2 rings (SSSR count). The zero-order valence-corrected chi connectivity index (χ0v) is 10.8. The Hall–Kier alpha value is -1.88. The van der Waals surface area contributed by atoms with E-state index in [2.05, 4.69) is 10.1 Å². The summed E-state index contributed by atoms with van der Waals surface area (Å²) in [6.45, 7) is 4.17. The lowest BCUT2D eigenvalue weighted by Gasteiger charge is -2.05. The minimum absolute atomic E-state index is 0.459. The number of aliphatic hydroxyl groups is 1. The van der Waals surface area contributed by atoms with Gasteiger partial charge in [-0.05, 0) is 31.5 Å². The van der Waals surface area contributed by atoms with Gasteiger partial charge >= 0.3 is 0 Å². The lowest BCUT2D eigenvalue weighted by molar-refractivity contribution is 0.188. The first kappa shape index (κ1) is 12.6. The van der Waals surface area contributed by atoms with Crippen molar-refractivity contribution in [3.8, 4) is 5.75 Å². The fourth-order valence-corrected chi connectivity index (χ4v) is 1.67. The molecule has 0 fully saturated rings. The van der Waals surface area contributed by atoms with Crippen molar-refractivity contribution in [1.82, 2.24) is 14.8 Å². The number of benzene rings is 1. The Morgan fingerprint density at radius 2 is 2.00 bits per heavy atom. The third-order valence-electron chi connectivity index (χ3n) is 2.74. The molecule has 1 aromatic heterocycles. The van der Waals surface area contributed by atoms with Gasteiger partial charge in [0.05, 0.1) is 13.7 Å². The van der Waals surface area contributed by atoms with E-state index in [0.717, 1.165) is 17.1 Å². The number of aliphatic hydroxyl groups excluding tert-OH is 1. The van der Waals surface area contributed by atoms with Crippen LogP contribution < -0.4 is 4.74 Å². The van der Waals surface area contributed by atoms with Crippen LogP contribution in [0.25, 0.3) is 0 Å². The van der Waals surface area contributed by atoms with Crippen LogP contribution in [0.15, 0.2) is 24.3 Å². The Bertz CT molecular complexity index is 518. The number of hydrogen-bond acceptors (Lipinski definition) is 4. The summed E-state index contributed by atoms with van der Waals surface area (Å²) in [4.78, 5) is 4.22. The molecule has 96 valence electrons. The third-order valence-corrected chi connectivity index (χ3v) is 2.74. The van der Waals surface area contributed by atoms with Gasteiger partial charge in [-0.1, -0.05) is 12.1 Å². The van der Waals surface area contributed by atoms with Gasteiger partial charge < -0.3 is 9.84 Å². The summed E-state index contributed by atoms with van der Waals surface area (Å²) in [6.07, 6.45) is -0.638. The van der Waals surface area contributed by atoms with E-state index in [0.29, 0.717) is 12.4 Å². The Balaban J connectivity index is 2.17. The van der Waals surface area contributed by atoms with Crippen molar-refractivity contribution < 1.29 is 9.84 Å². The van der Waals surface area contributed by atoms with Crippen LogP contribution in [0.4, 0.5) is 0 Å². The smallest absolute Gasteiger partial charge is 0.179 e. The van der Waals surface area contributed by atoms with E-state index in [-0.39, 0.29) is 0 Å². The van der Waals surface area contributed by atoms with Gasteiger partial charge in [-0.3, -0.25) is 0 Å². The molecule has 0 saturated heterocycles. The van der Waals surface area contributed by atoms with Crippen LogP contribution in [0.1, 0.15) is 30.2 Å². The minimum Gasteiger partial charge on any atom is -0.497 e.